The van der Waals surface area contributed by atoms with Crippen LogP contribution >= 0.6 is 27.7 Å². The predicted octanol–water partition coefficient (Wildman–Crippen LogP) is 2.82. The van der Waals surface area contributed by atoms with E-state index in [1.54, 1.807) is 10.5 Å². The second-order valence-corrected chi connectivity index (χ2v) is 9.71. The number of nitrogens with zero attached hydrogens (tertiary/aromatic N) is 3. The predicted molar refractivity (Wildman–Crippen MR) is 98.4 cm³/mol. The number of halogens is 1. The molecule has 1 aromatic heterocycles. The fourth-order valence-corrected chi connectivity index (χ4v) is 5.10. The quantitative estimate of drug-likeness (QED) is 0.560. The van der Waals surface area contributed by atoms with Crippen molar-refractivity contribution in [3.63, 3.8) is 0 Å². The van der Waals surface area contributed by atoms with Gasteiger partial charge in [-0.3, -0.25) is 0 Å². The van der Waals surface area contributed by atoms with Gasteiger partial charge in [0.1, 0.15) is 5.82 Å². The number of aromatic nitrogens is 2. The van der Waals surface area contributed by atoms with Gasteiger partial charge in [-0.15, -0.1) is 0 Å². The summed E-state index contributed by atoms with van der Waals surface area (Å²) >= 11 is 4.92. The summed E-state index contributed by atoms with van der Waals surface area (Å²) in [6, 6.07) is 0.0617. The Kier molecular flexibility index (Phi) is 6.70. The van der Waals surface area contributed by atoms with Crippen molar-refractivity contribution in [1.29, 1.82) is 0 Å². The second-order valence-electron chi connectivity index (χ2n) is 6.07. The molecule has 1 aliphatic heterocycles. The van der Waals surface area contributed by atoms with Crippen molar-refractivity contribution in [3.8, 4) is 0 Å². The molecule has 2 rings (SSSR count). The summed E-state index contributed by atoms with van der Waals surface area (Å²) in [4.78, 5) is 8.64. The number of nitrogens with one attached hydrogen (secondary N) is 1. The molecule has 1 saturated heterocycles. The summed E-state index contributed by atoms with van der Waals surface area (Å²) < 4.78 is 27.2. The number of hydrogen-bond acceptors (Lipinski definition) is 6. The van der Waals surface area contributed by atoms with Crippen LogP contribution in [0.5, 0.6) is 0 Å². The molecule has 1 fully saturated rings. The van der Waals surface area contributed by atoms with Crippen LogP contribution in [0.3, 0.4) is 0 Å². The summed E-state index contributed by atoms with van der Waals surface area (Å²) in [7, 11) is -3.19. The molecule has 1 aliphatic rings. The van der Waals surface area contributed by atoms with Gasteiger partial charge in [0.15, 0.2) is 5.16 Å². The third-order valence-corrected chi connectivity index (χ3v) is 6.92. The Morgan fingerprint density at radius 2 is 2.26 bits per heavy atom. The van der Waals surface area contributed by atoms with Crippen LogP contribution in [0.4, 0.5) is 5.82 Å². The minimum atomic E-state index is -3.19. The number of piperidine rings is 1. The maximum Gasteiger partial charge on any atom is 0.214 e. The molecule has 23 heavy (non-hydrogen) atoms. The molecule has 6 nitrogen and oxygen atoms in total. The van der Waals surface area contributed by atoms with Crippen LogP contribution in [-0.2, 0) is 10.0 Å². The van der Waals surface area contributed by atoms with Crippen LogP contribution in [0.2, 0.25) is 0 Å². The van der Waals surface area contributed by atoms with Gasteiger partial charge in [0.25, 0.3) is 0 Å². The van der Waals surface area contributed by atoms with E-state index in [1.165, 1.54) is 11.8 Å². The minimum absolute atomic E-state index is 0.0617. The molecule has 1 aromatic rings. The zero-order valence-electron chi connectivity index (χ0n) is 13.6. The monoisotopic (exact) mass is 422 g/mol. The standard InChI is InChI=1S/C14H23BrN4O2S2/c1-10(2)9-23(20,21)19-6-4-5-11(8-19)17-13-12(15)7-16-14(18-13)22-3/h7,10-11H,4-6,8-9H2,1-3H3,(H,16,17,18)/t11-/m0/s1. The first-order valence-electron chi connectivity index (χ1n) is 7.62. The minimum Gasteiger partial charge on any atom is -0.365 e. The summed E-state index contributed by atoms with van der Waals surface area (Å²) in [6.45, 7) is 4.95. The van der Waals surface area contributed by atoms with Gasteiger partial charge < -0.3 is 5.32 Å². The van der Waals surface area contributed by atoms with Gasteiger partial charge >= 0.3 is 0 Å². The molecular weight excluding hydrogens is 400 g/mol. The van der Waals surface area contributed by atoms with Gasteiger partial charge in [-0.05, 0) is 40.9 Å². The maximum atomic E-state index is 12.4. The third-order valence-electron chi connectivity index (χ3n) is 3.57. The zero-order chi connectivity index (χ0) is 17.0. The largest absolute Gasteiger partial charge is 0.365 e. The number of thioether (sulfide) groups is 1. The van der Waals surface area contributed by atoms with Gasteiger partial charge in [0.05, 0.1) is 10.2 Å². The van der Waals surface area contributed by atoms with Crippen molar-refractivity contribution < 1.29 is 8.42 Å². The fourth-order valence-electron chi connectivity index (χ4n) is 2.58. The highest BCUT2D eigenvalue weighted by atomic mass is 79.9. The lowest BCUT2D eigenvalue weighted by Gasteiger charge is -2.33. The van der Waals surface area contributed by atoms with E-state index in [4.69, 9.17) is 0 Å². The Labute approximate surface area is 151 Å². The number of hydrogen-bond donors (Lipinski definition) is 1. The lowest BCUT2D eigenvalue weighted by molar-refractivity contribution is 0.325. The van der Waals surface area contributed by atoms with Crippen LogP contribution < -0.4 is 5.32 Å². The summed E-state index contributed by atoms with van der Waals surface area (Å²) in [6.07, 6.45) is 5.43. The lowest BCUT2D eigenvalue weighted by Crippen LogP contribution is -2.46. The SMILES string of the molecule is CSc1ncc(Br)c(N[C@H]2CCCN(S(=O)(=O)CC(C)C)C2)n1. The first kappa shape index (κ1) is 19.0. The Morgan fingerprint density at radius 1 is 1.52 bits per heavy atom. The van der Waals surface area contributed by atoms with E-state index in [1.807, 2.05) is 20.1 Å². The van der Waals surface area contributed by atoms with E-state index in [-0.39, 0.29) is 17.7 Å². The highest BCUT2D eigenvalue weighted by Crippen LogP contribution is 2.25. The normalized spacial score (nSPS) is 20.0. The molecular formula is C14H23BrN4O2S2. The molecule has 0 saturated carbocycles. The van der Waals surface area contributed by atoms with Gasteiger partial charge in [-0.25, -0.2) is 18.4 Å². The van der Waals surface area contributed by atoms with Crippen LogP contribution in [-0.4, -0.2) is 53.8 Å². The van der Waals surface area contributed by atoms with Crippen LogP contribution in [0.15, 0.2) is 15.8 Å². The summed E-state index contributed by atoms with van der Waals surface area (Å²) in [5.41, 5.74) is 0. The van der Waals surface area contributed by atoms with Crippen molar-refractivity contribution in [2.45, 2.75) is 37.9 Å². The van der Waals surface area contributed by atoms with Crippen LogP contribution in [0.25, 0.3) is 0 Å². The molecule has 0 radical (unpaired) electrons. The van der Waals surface area contributed by atoms with Crippen LogP contribution in [0, 0.1) is 5.92 Å². The topological polar surface area (TPSA) is 75.2 Å². The van der Waals surface area contributed by atoms with Gasteiger partial charge in [-0.1, -0.05) is 25.6 Å². The molecule has 9 heteroatoms. The molecule has 0 amide bonds. The number of sulfonamides is 1. The highest BCUT2D eigenvalue weighted by Gasteiger charge is 2.29. The average molecular weight is 423 g/mol. The smallest absolute Gasteiger partial charge is 0.214 e. The first-order valence-corrected chi connectivity index (χ1v) is 11.3. The Bertz CT molecular complexity index is 640. The average Bonchev–Trinajstić information content (AvgIpc) is 2.48. The van der Waals surface area contributed by atoms with Gasteiger partial charge in [0.2, 0.25) is 10.0 Å². The van der Waals surface area contributed by atoms with E-state index in [2.05, 4.69) is 31.2 Å². The van der Waals surface area contributed by atoms with Gasteiger partial charge in [0, 0.05) is 25.3 Å². The summed E-state index contributed by atoms with van der Waals surface area (Å²) in [5, 5.41) is 4.05. The van der Waals surface area contributed by atoms with E-state index in [9.17, 15) is 8.42 Å². The Morgan fingerprint density at radius 3 is 2.91 bits per heavy atom. The van der Waals surface area contributed by atoms with E-state index < -0.39 is 10.0 Å². The molecule has 1 N–H and O–H groups in total. The Balaban J connectivity index is 2.07. The van der Waals surface area contributed by atoms with E-state index in [0.29, 0.717) is 18.2 Å². The van der Waals surface area contributed by atoms with Crippen molar-refractivity contribution in [2.75, 3.05) is 30.4 Å². The van der Waals surface area contributed by atoms with Crippen molar-refractivity contribution in [3.05, 3.63) is 10.7 Å². The molecule has 0 unspecified atom stereocenters. The van der Waals surface area contributed by atoms with E-state index in [0.717, 1.165) is 23.1 Å². The molecule has 0 bridgehead atoms. The lowest BCUT2D eigenvalue weighted by atomic mass is 10.1. The maximum absolute atomic E-state index is 12.4. The first-order chi connectivity index (χ1) is 10.8. The molecule has 0 spiro atoms. The highest BCUT2D eigenvalue weighted by molar-refractivity contribution is 9.10. The van der Waals surface area contributed by atoms with E-state index >= 15 is 0 Å². The van der Waals surface area contributed by atoms with Gasteiger partial charge in [-0.2, -0.15) is 4.31 Å². The van der Waals surface area contributed by atoms with Crippen LogP contribution in [0.1, 0.15) is 26.7 Å². The molecule has 0 aromatic carbocycles. The summed E-state index contributed by atoms with van der Waals surface area (Å²) in [5.74, 6) is 1.05. The molecule has 1 atom stereocenters. The zero-order valence-corrected chi connectivity index (χ0v) is 16.8. The van der Waals surface area contributed by atoms with Crippen molar-refractivity contribution in [2.24, 2.45) is 5.92 Å². The molecule has 130 valence electrons. The molecule has 0 aliphatic carbocycles. The van der Waals surface area contributed by atoms with Crippen molar-refractivity contribution in [1.82, 2.24) is 14.3 Å². The van der Waals surface area contributed by atoms with Crippen molar-refractivity contribution >= 4 is 43.5 Å². The number of anilines is 1. The Hall–Kier alpha value is -0.380. The molecule has 2 heterocycles. The number of rotatable bonds is 6. The second kappa shape index (κ2) is 8.13. The third kappa shape index (κ3) is 5.30. The fraction of sp³-hybridized carbons (Fsp3) is 0.714.